The molecule has 0 unspecified atom stereocenters. The Balaban J connectivity index is 1.52. The van der Waals surface area contributed by atoms with Gasteiger partial charge < -0.3 is 9.47 Å². The maximum atomic E-state index is 15.1. The number of nitrogens with zero attached hydrogens (tertiary/aromatic N) is 1. The van der Waals surface area contributed by atoms with Gasteiger partial charge in [-0.15, -0.1) is 23.5 Å². The van der Waals surface area contributed by atoms with Crippen molar-refractivity contribution in [3.05, 3.63) is 105 Å². The summed E-state index contributed by atoms with van der Waals surface area (Å²) in [5, 5.41) is 2.29. The van der Waals surface area contributed by atoms with Crippen LogP contribution < -0.4 is 14.9 Å². The summed E-state index contributed by atoms with van der Waals surface area (Å²) in [6.45, 7) is 6.42. The predicted octanol–water partition coefficient (Wildman–Crippen LogP) is 11.3. The van der Waals surface area contributed by atoms with Crippen molar-refractivity contribution in [2.45, 2.75) is 55.2 Å². The van der Waals surface area contributed by atoms with E-state index >= 15 is 8.78 Å². The van der Waals surface area contributed by atoms with Crippen LogP contribution in [-0.4, -0.2) is 29.6 Å². The fourth-order valence-electron chi connectivity index (χ4n) is 4.37. The van der Waals surface area contributed by atoms with Gasteiger partial charge in [0.2, 0.25) is 0 Å². The molecule has 0 spiro atoms. The zero-order valence-corrected chi connectivity index (χ0v) is 28.9. The number of hydrogen-bond donors (Lipinski definition) is 1. The van der Waals surface area contributed by atoms with E-state index in [1.54, 1.807) is 24.2 Å². The molecule has 0 saturated heterocycles. The van der Waals surface area contributed by atoms with Crippen LogP contribution in [0.15, 0.2) is 70.5 Å². The van der Waals surface area contributed by atoms with E-state index in [0.717, 1.165) is 18.6 Å². The third kappa shape index (κ3) is 10.2. The van der Waals surface area contributed by atoms with E-state index in [-0.39, 0.29) is 33.3 Å². The Bertz CT molecular complexity index is 1660. The molecule has 0 amide bonds. The maximum absolute atomic E-state index is 15.1. The summed E-state index contributed by atoms with van der Waals surface area (Å²) >= 11 is 14.5. The van der Waals surface area contributed by atoms with Crippen molar-refractivity contribution in [1.29, 1.82) is 0 Å². The first-order valence-corrected chi connectivity index (χ1v) is 17.2. The van der Waals surface area contributed by atoms with Crippen LogP contribution in [0.5, 0.6) is 23.0 Å². The Morgan fingerprint density at radius 1 is 0.739 bits per heavy atom. The highest BCUT2D eigenvalue weighted by Gasteiger charge is 2.18. The molecule has 4 aromatic carbocycles. The highest BCUT2D eigenvalue weighted by atomic mass is 35.5. The number of ether oxygens (including phenoxy) is 2. The lowest BCUT2D eigenvalue weighted by Crippen LogP contribution is -2.35. The molecule has 0 aliphatic rings. The van der Waals surface area contributed by atoms with Gasteiger partial charge in [-0.1, -0.05) is 44.0 Å². The first-order chi connectivity index (χ1) is 21.9. The fraction of sp³-hybridized carbons (Fsp3) is 0.294. The van der Waals surface area contributed by atoms with Crippen LogP contribution in [0.4, 0.5) is 17.6 Å². The Hall–Kier alpha value is -2.60. The van der Waals surface area contributed by atoms with Crippen LogP contribution >= 0.6 is 46.7 Å². The lowest BCUT2D eigenvalue weighted by molar-refractivity contribution is 0.225. The van der Waals surface area contributed by atoms with Gasteiger partial charge in [0.1, 0.15) is 23.1 Å². The second kappa shape index (κ2) is 17.0. The van der Waals surface area contributed by atoms with Gasteiger partial charge in [-0.05, 0) is 84.8 Å². The smallest absolute Gasteiger partial charge is 0.167 e. The molecular weight excluding hydrogens is 679 g/mol. The highest BCUT2D eigenvalue weighted by Crippen LogP contribution is 2.37. The summed E-state index contributed by atoms with van der Waals surface area (Å²) in [7, 11) is 1.76. The SMILES string of the molecule is CCCSc1cc(Oc2ccc(Cl)cc2F)c(CCNN(C)Cc2cc(F)c(SC(C)C)cc2Oc2ccc(Cl)cc2F)cc1F. The normalized spacial score (nSPS) is 11.5. The Morgan fingerprint density at radius 2 is 1.28 bits per heavy atom. The number of benzene rings is 4. The molecule has 246 valence electrons. The third-order valence-corrected chi connectivity index (χ3v) is 9.21. The zero-order chi connectivity index (χ0) is 33.4. The highest BCUT2D eigenvalue weighted by molar-refractivity contribution is 8.00. The summed E-state index contributed by atoms with van der Waals surface area (Å²) in [6.07, 6.45) is 1.18. The second-order valence-electron chi connectivity index (χ2n) is 10.7. The lowest BCUT2D eigenvalue weighted by atomic mass is 10.1. The molecule has 0 aromatic heterocycles. The summed E-state index contributed by atoms with van der Waals surface area (Å²) in [5.41, 5.74) is 4.22. The van der Waals surface area contributed by atoms with Crippen molar-refractivity contribution in [3.8, 4) is 23.0 Å². The molecule has 0 bridgehead atoms. The summed E-state index contributed by atoms with van der Waals surface area (Å²) < 4.78 is 71.1. The van der Waals surface area contributed by atoms with Gasteiger partial charge in [0.25, 0.3) is 0 Å². The van der Waals surface area contributed by atoms with E-state index in [9.17, 15) is 8.78 Å². The minimum Gasteiger partial charge on any atom is -0.454 e. The van der Waals surface area contributed by atoms with Crippen LogP contribution in [0.1, 0.15) is 38.3 Å². The molecule has 1 N–H and O–H groups in total. The topological polar surface area (TPSA) is 33.7 Å². The monoisotopic (exact) mass is 712 g/mol. The van der Waals surface area contributed by atoms with Crippen molar-refractivity contribution in [1.82, 2.24) is 10.4 Å². The van der Waals surface area contributed by atoms with Crippen LogP contribution in [0.3, 0.4) is 0 Å². The van der Waals surface area contributed by atoms with Crippen LogP contribution in [0.2, 0.25) is 10.0 Å². The third-order valence-electron chi connectivity index (χ3n) is 6.47. The number of thioether (sulfide) groups is 2. The van der Waals surface area contributed by atoms with Crippen molar-refractivity contribution in [3.63, 3.8) is 0 Å². The van der Waals surface area contributed by atoms with E-state index in [2.05, 4.69) is 5.43 Å². The molecule has 12 heteroatoms. The summed E-state index contributed by atoms with van der Waals surface area (Å²) in [5.74, 6) is -0.823. The van der Waals surface area contributed by atoms with E-state index in [1.165, 1.54) is 59.9 Å². The van der Waals surface area contributed by atoms with E-state index in [1.807, 2.05) is 20.8 Å². The lowest BCUT2D eigenvalue weighted by Gasteiger charge is -2.22. The van der Waals surface area contributed by atoms with Crippen molar-refractivity contribution >= 4 is 46.7 Å². The van der Waals surface area contributed by atoms with Crippen LogP contribution in [-0.2, 0) is 13.0 Å². The molecule has 0 saturated carbocycles. The predicted molar refractivity (Wildman–Crippen MR) is 181 cm³/mol. The van der Waals surface area contributed by atoms with E-state index in [0.29, 0.717) is 51.1 Å². The van der Waals surface area contributed by atoms with Gasteiger partial charge in [0.15, 0.2) is 23.1 Å². The Morgan fingerprint density at radius 3 is 1.85 bits per heavy atom. The minimum atomic E-state index is -0.643. The van der Waals surface area contributed by atoms with Crippen LogP contribution in [0, 0.1) is 23.3 Å². The molecule has 4 aromatic rings. The molecule has 0 aliphatic heterocycles. The number of rotatable bonds is 15. The van der Waals surface area contributed by atoms with E-state index in [4.69, 9.17) is 32.7 Å². The fourth-order valence-corrected chi connectivity index (χ4v) is 6.36. The quantitative estimate of drug-likeness (QED) is 0.0750. The Labute approximate surface area is 285 Å². The summed E-state index contributed by atoms with van der Waals surface area (Å²) in [4.78, 5) is 0.789. The van der Waals surface area contributed by atoms with Crippen LogP contribution in [0.25, 0.3) is 0 Å². The first-order valence-electron chi connectivity index (χ1n) is 14.6. The Kier molecular flexibility index (Phi) is 13.4. The average Bonchev–Trinajstić information content (AvgIpc) is 2.98. The number of hydrazine groups is 1. The average molecular weight is 714 g/mol. The van der Waals surface area contributed by atoms with Gasteiger partial charge >= 0.3 is 0 Å². The second-order valence-corrected chi connectivity index (χ2v) is 14.3. The number of hydrogen-bond acceptors (Lipinski definition) is 6. The van der Waals surface area contributed by atoms with Crippen molar-refractivity contribution in [2.24, 2.45) is 0 Å². The number of halogens is 6. The molecule has 0 fully saturated rings. The largest absolute Gasteiger partial charge is 0.454 e. The molecule has 0 atom stereocenters. The zero-order valence-electron chi connectivity index (χ0n) is 25.7. The first kappa shape index (κ1) is 36.2. The van der Waals surface area contributed by atoms with Gasteiger partial charge in [-0.3, -0.25) is 5.43 Å². The molecule has 4 rings (SSSR count). The maximum Gasteiger partial charge on any atom is 0.167 e. The molecule has 0 heterocycles. The molecule has 46 heavy (non-hydrogen) atoms. The van der Waals surface area contributed by atoms with E-state index < -0.39 is 23.3 Å². The minimum absolute atomic E-state index is 0.0282. The molecule has 0 radical (unpaired) electrons. The molecular formula is C34H34Cl2F4N2O2S2. The van der Waals surface area contributed by atoms with Crippen molar-refractivity contribution < 1.29 is 27.0 Å². The number of nitrogens with one attached hydrogen (secondary N) is 1. The molecule has 0 aliphatic carbocycles. The van der Waals surface area contributed by atoms with Gasteiger partial charge in [0.05, 0.1) is 0 Å². The standard InChI is InChI=1S/C34H34Cl2F4N2O2S2/c1-5-12-45-33-17-31(43-29-8-6-23(35)15-25(29)37)21(13-27(33)39)10-11-41-42(4)19-22-14-28(40)34(46-20(2)3)18-32(22)44-30-9-7-24(36)16-26(30)38/h6-9,13-18,20,41H,5,10-12,19H2,1-4H3. The van der Waals surface area contributed by atoms with Gasteiger partial charge in [-0.25, -0.2) is 22.6 Å². The van der Waals surface area contributed by atoms with Gasteiger partial charge in [-0.2, -0.15) is 0 Å². The summed E-state index contributed by atoms with van der Waals surface area (Å²) in [6, 6.07) is 14.1. The molecule has 4 nitrogen and oxygen atoms in total. The van der Waals surface area contributed by atoms with Gasteiger partial charge in [0, 0.05) is 50.8 Å². The van der Waals surface area contributed by atoms with Crippen molar-refractivity contribution in [2.75, 3.05) is 19.3 Å².